The van der Waals surface area contributed by atoms with Crippen LogP contribution in [0.3, 0.4) is 0 Å². The molecule has 1 aliphatic heterocycles. The number of likely N-dealkylation sites (N-methyl/N-ethyl adjacent to an activating group) is 1. The van der Waals surface area contributed by atoms with Crippen LogP contribution in [0.5, 0.6) is 0 Å². The molecule has 0 aliphatic carbocycles. The number of aliphatic hydroxyl groups is 1. The summed E-state index contributed by atoms with van der Waals surface area (Å²) in [6.07, 6.45) is 0.171. The first-order valence-corrected chi connectivity index (χ1v) is 7.19. The van der Waals surface area contributed by atoms with E-state index in [0.717, 1.165) is 17.8 Å². The van der Waals surface area contributed by atoms with Gasteiger partial charge in [-0.25, -0.2) is 4.79 Å². The van der Waals surface area contributed by atoms with Gasteiger partial charge in [0.15, 0.2) is 0 Å². The van der Waals surface area contributed by atoms with Crippen LogP contribution in [0.1, 0.15) is 12.0 Å². The minimum absolute atomic E-state index is 0.0349. The molecule has 1 heterocycles. The van der Waals surface area contributed by atoms with Crippen molar-refractivity contribution in [2.75, 3.05) is 32.5 Å². The van der Waals surface area contributed by atoms with Crippen molar-refractivity contribution in [1.82, 2.24) is 9.80 Å². The number of anilines is 1. The molecule has 0 spiro atoms. The molecule has 2 unspecified atom stereocenters. The molecule has 6 heteroatoms. The standard InChI is InChI=1S/C15H24N4O2/c1-18(2)9-13-7-14(20)10-19(13)15(21)17-12-5-3-4-11(6-12)8-16/h3-6,13-14,20H,7-10,16H2,1-2H3,(H,17,21). The van der Waals surface area contributed by atoms with E-state index < -0.39 is 6.10 Å². The number of hydrogen-bond donors (Lipinski definition) is 3. The van der Waals surface area contributed by atoms with Gasteiger partial charge in [-0.1, -0.05) is 12.1 Å². The molecular weight excluding hydrogens is 268 g/mol. The van der Waals surface area contributed by atoms with Crippen molar-refractivity contribution in [2.45, 2.75) is 25.1 Å². The van der Waals surface area contributed by atoms with Gasteiger partial charge in [-0.3, -0.25) is 0 Å². The van der Waals surface area contributed by atoms with E-state index in [2.05, 4.69) is 5.32 Å². The predicted octanol–water partition coefficient (Wildman–Crippen LogP) is 0.674. The summed E-state index contributed by atoms with van der Waals surface area (Å²) in [6.45, 7) is 1.56. The quantitative estimate of drug-likeness (QED) is 0.762. The number of rotatable bonds is 4. The summed E-state index contributed by atoms with van der Waals surface area (Å²) in [5, 5.41) is 12.7. The second kappa shape index (κ2) is 6.89. The van der Waals surface area contributed by atoms with Crippen LogP contribution >= 0.6 is 0 Å². The smallest absolute Gasteiger partial charge is 0.322 e. The molecule has 6 nitrogen and oxygen atoms in total. The Kier molecular flexibility index (Phi) is 5.17. The molecule has 1 aliphatic rings. The lowest BCUT2D eigenvalue weighted by Crippen LogP contribution is -2.43. The molecule has 0 aromatic heterocycles. The molecule has 1 aromatic rings. The van der Waals surface area contributed by atoms with Gasteiger partial charge in [0, 0.05) is 31.4 Å². The summed E-state index contributed by atoms with van der Waals surface area (Å²) in [5.41, 5.74) is 7.31. The lowest BCUT2D eigenvalue weighted by molar-refractivity contribution is 0.174. The monoisotopic (exact) mass is 292 g/mol. The van der Waals surface area contributed by atoms with Crippen LogP contribution < -0.4 is 11.1 Å². The van der Waals surface area contributed by atoms with Crippen molar-refractivity contribution in [1.29, 1.82) is 0 Å². The maximum atomic E-state index is 12.4. The first-order chi connectivity index (χ1) is 9.99. The van der Waals surface area contributed by atoms with Gasteiger partial charge in [-0.15, -0.1) is 0 Å². The Morgan fingerprint density at radius 3 is 2.95 bits per heavy atom. The van der Waals surface area contributed by atoms with Crippen LogP contribution in [-0.4, -0.2) is 60.3 Å². The summed E-state index contributed by atoms with van der Waals surface area (Å²) in [4.78, 5) is 16.1. The molecule has 2 atom stereocenters. The third kappa shape index (κ3) is 4.17. The summed E-state index contributed by atoms with van der Waals surface area (Å²) >= 11 is 0. The van der Waals surface area contributed by atoms with E-state index in [4.69, 9.17) is 5.73 Å². The highest BCUT2D eigenvalue weighted by atomic mass is 16.3. The average molecular weight is 292 g/mol. The number of hydrogen-bond acceptors (Lipinski definition) is 4. The van der Waals surface area contributed by atoms with Crippen LogP contribution in [0.4, 0.5) is 10.5 Å². The molecule has 0 saturated carbocycles. The molecule has 21 heavy (non-hydrogen) atoms. The van der Waals surface area contributed by atoms with Crippen LogP contribution in [0.2, 0.25) is 0 Å². The van der Waals surface area contributed by atoms with Gasteiger partial charge in [0.25, 0.3) is 0 Å². The lowest BCUT2D eigenvalue weighted by atomic mass is 10.2. The largest absolute Gasteiger partial charge is 0.391 e. The molecule has 0 radical (unpaired) electrons. The predicted molar refractivity (Wildman–Crippen MR) is 83.0 cm³/mol. The highest BCUT2D eigenvalue weighted by Gasteiger charge is 2.34. The molecule has 1 saturated heterocycles. The van der Waals surface area contributed by atoms with Crippen LogP contribution in [0, 0.1) is 0 Å². The number of carbonyl (C=O) groups is 1. The number of nitrogens with zero attached hydrogens (tertiary/aromatic N) is 2. The van der Waals surface area contributed by atoms with E-state index in [-0.39, 0.29) is 12.1 Å². The molecule has 1 aromatic carbocycles. The number of carbonyl (C=O) groups excluding carboxylic acids is 1. The Morgan fingerprint density at radius 2 is 2.29 bits per heavy atom. The number of amides is 2. The zero-order chi connectivity index (χ0) is 15.4. The highest BCUT2D eigenvalue weighted by Crippen LogP contribution is 2.20. The van der Waals surface area contributed by atoms with E-state index in [1.54, 1.807) is 4.90 Å². The fourth-order valence-corrected chi connectivity index (χ4v) is 2.71. The van der Waals surface area contributed by atoms with Crippen LogP contribution in [-0.2, 0) is 6.54 Å². The van der Waals surface area contributed by atoms with Crippen molar-refractivity contribution in [3.63, 3.8) is 0 Å². The zero-order valence-corrected chi connectivity index (χ0v) is 12.6. The first-order valence-electron chi connectivity index (χ1n) is 7.19. The van der Waals surface area contributed by atoms with Crippen molar-refractivity contribution in [2.24, 2.45) is 5.73 Å². The van der Waals surface area contributed by atoms with Crippen molar-refractivity contribution >= 4 is 11.7 Å². The second-order valence-corrected chi connectivity index (χ2v) is 5.79. The third-order valence-corrected chi connectivity index (χ3v) is 3.64. The summed E-state index contributed by atoms with van der Waals surface area (Å²) < 4.78 is 0. The SMILES string of the molecule is CN(C)CC1CC(O)CN1C(=O)Nc1cccc(CN)c1. The molecule has 0 bridgehead atoms. The number of urea groups is 1. The zero-order valence-electron chi connectivity index (χ0n) is 12.6. The number of β-amino-alcohol motifs (C(OH)–C–C–N with tert-alkyl or cyclic N) is 1. The van der Waals surface area contributed by atoms with Gasteiger partial charge in [-0.2, -0.15) is 0 Å². The fraction of sp³-hybridized carbons (Fsp3) is 0.533. The lowest BCUT2D eigenvalue weighted by Gasteiger charge is -2.27. The van der Waals surface area contributed by atoms with Crippen molar-refractivity contribution in [3.05, 3.63) is 29.8 Å². The number of nitrogens with two attached hydrogens (primary N) is 1. The maximum Gasteiger partial charge on any atom is 0.322 e. The van der Waals surface area contributed by atoms with E-state index in [0.29, 0.717) is 19.5 Å². The fourth-order valence-electron chi connectivity index (χ4n) is 2.71. The van der Waals surface area contributed by atoms with E-state index >= 15 is 0 Å². The number of benzene rings is 1. The Balaban J connectivity index is 2.03. The number of likely N-dealkylation sites (tertiary alicyclic amines) is 1. The van der Waals surface area contributed by atoms with E-state index in [1.165, 1.54) is 0 Å². The van der Waals surface area contributed by atoms with Crippen LogP contribution in [0.15, 0.2) is 24.3 Å². The number of nitrogens with one attached hydrogen (secondary N) is 1. The van der Waals surface area contributed by atoms with Gasteiger partial charge in [0.1, 0.15) is 0 Å². The average Bonchev–Trinajstić information content (AvgIpc) is 2.79. The topological polar surface area (TPSA) is 81.8 Å². The summed E-state index contributed by atoms with van der Waals surface area (Å²) in [5.74, 6) is 0. The van der Waals surface area contributed by atoms with E-state index in [9.17, 15) is 9.90 Å². The first kappa shape index (κ1) is 15.8. The van der Waals surface area contributed by atoms with Gasteiger partial charge in [0.2, 0.25) is 0 Å². The maximum absolute atomic E-state index is 12.4. The van der Waals surface area contributed by atoms with Crippen LogP contribution in [0.25, 0.3) is 0 Å². The molecule has 116 valence electrons. The minimum Gasteiger partial charge on any atom is -0.391 e. The minimum atomic E-state index is -0.448. The van der Waals surface area contributed by atoms with Crippen molar-refractivity contribution in [3.8, 4) is 0 Å². The van der Waals surface area contributed by atoms with Gasteiger partial charge in [0.05, 0.1) is 6.10 Å². The number of aliphatic hydroxyl groups excluding tert-OH is 1. The third-order valence-electron chi connectivity index (χ3n) is 3.64. The van der Waals surface area contributed by atoms with Crippen molar-refractivity contribution < 1.29 is 9.90 Å². The second-order valence-electron chi connectivity index (χ2n) is 5.79. The normalized spacial score (nSPS) is 21.9. The Bertz CT molecular complexity index is 492. The Hall–Kier alpha value is -1.63. The van der Waals surface area contributed by atoms with E-state index in [1.807, 2.05) is 43.3 Å². The molecule has 2 amide bonds. The Morgan fingerprint density at radius 1 is 1.52 bits per heavy atom. The van der Waals surface area contributed by atoms with Gasteiger partial charge < -0.3 is 26.0 Å². The molecular formula is C15H24N4O2. The summed E-state index contributed by atoms with van der Waals surface area (Å²) in [6, 6.07) is 7.36. The molecule has 4 N–H and O–H groups in total. The summed E-state index contributed by atoms with van der Waals surface area (Å²) in [7, 11) is 3.93. The molecule has 1 fully saturated rings. The van der Waals surface area contributed by atoms with Gasteiger partial charge in [-0.05, 0) is 38.2 Å². The molecule has 2 rings (SSSR count). The Labute approximate surface area is 125 Å². The highest BCUT2D eigenvalue weighted by molar-refractivity contribution is 5.89. The van der Waals surface area contributed by atoms with Gasteiger partial charge >= 0.3 is 6.03 Å².